The molecule has 0 saturated heterocycles. The Hall–Kier alpha value is -2.46. The summed E-state index contributed by atoms with van der Waals surface area (Å²) in [7, 11) is 0. The highest BCUT2D eigenvalue weighted by Crippen LogP contribution is 2.20. The molecule has 0 amide bonds. The van der Waals surface area contributed by atoms with E-state index in [9.17, 15) is 9.90 Å². The van der Waals surface area contributed by atoms with Crippen molar-refractivity contribution < 1.29 is 5.11 Å². The Balaban J connectivity index is 2.04. The van der Waals surface area contributed by atoms with Crippen LogP contribution >= 0.6 is 0 Å². The van der Waals surface area contributed by atoms with Crippen molar-refractivity contribution in [1.82, 2.24) is 9.55 Å². The van der Waals surface area contributed by atoms with Crippen molar-refractivity contribution in [2.24, 2.45) is 0 Å². The van der Waals surface area contributed by atoms with Crippen LogP contribution in [0.3, 0.4) is 0 Å². The standard InChI is InChI=1S/C17H16N2O2/c1-12-6-2-3-7-13(12)16(20)11-19-15-9-5-4-8-14(15)18-10-17(19)21/h2-10,16,20H,11H2,1H3. The van der Waals surface area contributed by atoms with Crippen LogP contribution in [0.15, 0.2) is 59.5 Å². The molecule has 21 heavy (non-hydrogen) atoms. The average Bonchev–Trinajstić information content (AvgIpc) is 2.50. The summed E-state index contributed by atoms with van der Waals surface area (Å²) in [6.07, 6.45) is 0.571. The smallest absolute Gasteiger partial charge is 0.269 e. The molecule has 3 aromatic rings. The molecule has 0 radical (unpaired) electrons. The maximum absolute atomic E-state index is 12.1. The van der Waals surface area contributed by atoms with Crippen molar-refractivity contribution in [2.45, 2.75) is 19.6 Å². The Morgan fingerprint density at radius 1 is 1.14 bits per heavy atom. The number of benzene rings is 2. The highest BCUT2D eigenvalue weighted by molar-refractivity contribution is 5.74. The third-order valence-electron chi connectivity index (χ3n) is 3.66. The van der Waals surface area contributed by atoms with Gasteiger partial charge in [-0.25, -0.2) is 4.98 Å². The second kappa shape index (κ2) is 5.50. The Bertz CT molecular complexity index is 839. The van der Waals surface area contributed by atoms with E-state index in [0.717, 1.165) is 22.2 Å². The first-order valence-electron chi connectivity index (χ1n) is 6.85. The number of aromatic nitrogens is 2. The Kier molecular flexibility index (Phi) is 3.54. The van der Waals surface area contributed by atoms with Crippen LogP contribution in [0.4, 0.5) is 0 Å². The zero-order valence-electron chi connectivity index (χ0n) is 11.7. The molecule has 0 saturated carbocycles. The van der Waals surface area contributed by atoms with Gasteiger partial charge in [-0.3, -0.25) is 4.79 Å². The van der Waals surface area contributed by atoms with Gasteiger partial charge in [0, 0.05) is 0 Å². The number of nitrogens with zero attached hydrogens (tertiary/aromatic N) is 2. The second-order valence-corrected chi connectivity index (χ2v) is 5.07. The predicted molar refractivity (Wildman–Crippen MR) is 82.1 cm³/mol. The molecule has 1 unspecified atom stereocenters. The first-order chi connectivity index (χ1) is 10.2. The van der Waals surface area contributed by atoms with E-state index in [1.807, 2.05) is 55.5 Å². The largest absolute Gasteiger partial charge is 0.387 e. The molecule has 4 heteroatoms. The summed E-state index contributed by atoms with van der Waals surface area (Å²) in [5.41, 5.74) is 3.12. The van der Waals surface area contributed by atoms with Crippen LogP contribution in [-0.4, -0.2) is 14.7 Å². The van der Waals surface area contributed by atoms with E-state index in [0.29, 0.717) is 0 Å². The molecule has 1 atom stereocenters. The summed E-state index contributed by atoms with van der Waals surface area (Å²) >= 11 is 0. The van der Waals surface area contributed by atoms with Gasteiger partial charge in [-0.2, -0.15) is 0 Å². The van der Waals surface area contributed by atoms with Crippen molar-refractivity contribution in [3.8, 4) is 0 Å². The molecule has 0 aliphatic heterocycles. The molecule has 3 rings (SSSR count). The summed E-state index contributed by atoms with van der Waals surface area (Å²) in [4.78, 5) is 16.2. The molecule has 0 bridgehead atoms. The summed E-state index contributed by atoms with van der Waals surface area (Å²) in [5, 5.41) is 10.5. The fraction of sp³-hybridized carbons (Fsp3) is 0.176. The van der Waals surface area contributed by atoms with Gasteiger partial charge >= 0.3 is 0 Å². The van der Waals surface area contributed by atoms with Gasteiger partial charge < -0.3 is 9.67 Å². The van der Waals surface area contributed by atoms with E-state index in [1.165, 1.54) is 6.20 Å². The highest BCUT2D eigenvalue weighted by atomic mass is 16.3. The Labute approximate surface area is 122 Å². The van der Waals surface area contributed by atoms with E-state index in [-0.39, 0.29) is 12.1 Å². The van der Waals surface area contributed by atoms with E-state index >= 15 is 0 Å². The fourth-order valence-electron chi connectivity index (χ4n) is 2.54. The van der Waals surface area contributed by atoms with Gasteiger partial charge in [0.05, 0.1) is 29.9 Å². The van der Waals surface area contributed by atoms with E-state index in [1.54, 1.807) is 4.57 Å². The van der Waals surface area contributed by atoms with Gasteiger partial charge in [-0.1, -0.05) is 36.4 Å². The molecular weight excluding hydrogens is 264 g/mol. The lowest BCUT2D eigenvalue weighted by atomic mass is 10.0. The summed E-state index contributed by atoms with van der Waals surface area (Å²) in [6.45, 7) is 2.17. The quantitative estimate of drug-likeness (QED) is 0.801. The van der Waals surface area contributed by atoms with Crippen LogP contribution in [0.2, 0.25) is 0 Å². The lowest BCUT2D eigenvalue weighted by Crippen LogP contribution is -2.24. The van der Waals surface area contributed by atoms with Crippen LogP contribution in [-0.2, 0) is 6.54 Å². The molecule has 0 aliphatic rings. The summed E-state index contributed by atoms with van der Waals surface area (Å²) in [6, 6.07) is 15.1. The van der Waals surface area contributed by atoms with Gasteiger partial charge in [0.1, 0.15) is 0 Å². The number of aliphatic hydroxyl groups is 1. The van der Waals surface area contributed by atoms with Crippen LogP contribution in [0.1, 0.15) is 17.2 Å². The molecular formula is C17H16N2O2. The third kappa shape index (κ3) is 2.58. The van der Waals surface area contributed by atoms with Gasteiger partial charge in [-0.05, 0) is 30.2 Å². The van der Waals surface area contributed by atoms with Gasteiger partial charge in [0.15, 0.2) is 0 Å². The molecule has 0 spiro atoms. The number of para-hydroxylation sites is 2. The minimum Gasteiger partial charge on any atom is -0.387 e. The van der Waals surface area contributed by atoms with Crippen LogP contribution < -0.4 is 5.56 Å². The monoisotopic (exact) mass is 280 g/mol. The van der Waals surface area contributed by atoms with E-state index in [2.05, 4.69) is 4.98 Å². The van der Waals surface area contributed by atoms with Crippen molar-refractivity contribution in [3.63, 3.8) is 0 Å². The number of hydrogen-bond donors (Lipinski definition) is 1. The first kappa shape index (κ1) is 13.5. The number of fused-ring (bicyclic) bond motifs is 1. The lowest BCUT2D eigenvalue weighted by Gasteiger charge is -2.16. The number of aryl methyl sites for hydroxylation is 1. The Morgan fingerprint density at radius 3 is 2.67 bits per heavy atom. The number of hydrogen-bond acceptors (Lipinski definition) is 3. The average molecular weight is 280 g/mol. The molecule has 2 aromatic carbocycles. The summed E-state index contributed by atoms with van der Waals surface area (Å²) in [5.74, 6) is 0. The fourth-order valence-corrected chi connectivity index (χ4v) is 2.54. The summed E-state index contributed by atoms with van der Waals surface area (Å²) < 4.78 is 1.57. The first-order valence-corrected chi connectivity index (χ1v) is 6.85. The number of aliphatic hydroxyl groups excluding tert-OH is 1. The van der Waals surface area contributed by atoms with Crippen molar-refractivity contribution >= 4 is 11.0 Å². The van der Waals surface area contributed by atoms with Gasteiger partial charge in [0.25, 0.3) is 5.56 Å². The van der Waals surface area contributed by atoms with Crippen LogP contribution in [0.5, 0.6) is 0 Å². The zero-order valence-corrected chi connectivity index (χ0v) is 11.7. The molecule has 1 N–H and O–H groups in total. The predicted octanol–water partition coefficient (Wildman–Crippen LogP) is 2.44. The van der Waals surface area contributed by atoms with Crippen LogP contribution in [0, 0.1) is 6.92 Å². The molecule has 0 aliphatic carbocycles. The third-order valence-corrected chi connectivity index (χ3v) is 3.66. The van der Waals surface area contributed by atoms with Gasteiger partial charge in [-0.15, -0.1) is 0 Å². The molecule has 0 fully saturated rings. The molecule has 4 nitrogen and oxygen atoms in total. The van der Waals surface area contributed by atoms with Gasteiger partial charge in [0.2, 0.25) is 0 Å². The highest BCUT2D eigenvalue weighted by Gasteiger charge is 2.13. The molecule has 1 heterocycles. The molecule has 1 aromatic heterocycles. The van der Waals surface area contributed by atoms with Crippen molar-refractivity contribution in [2.75, 3.05) is 0 Å². The Morgan fingerprint density at radius 2 is 1.86 bits per heavy atom. The second-order valence-electron chi connectivity index (χ2n) is 5.07. The maximum Gasteiger partial charge on any atom is 0.269 e. The normalized spacial score (nSPS) is 12.5. The zero-order chi connectivity index (χ0) is 14.8. The maximum atomic E-state index is 12.1. The SMILES string of the molecule is Cc1ccccc1C(O)Cn1c(=O)cnc2ccccc21. The van der Waals surface area contributed by atoms with Crippen LogP contribution in [0.25, 0.3) is 11.0 Å². The minimum absolute atomic E-state index is 0.207. The van der Waals surface area contributed by atoms with E-state index < -0.39 is 6.10 Å². The van der Waals surface area contributed by atoms with Crippen molar-refractivity contribution in [1.29, 1.82) is 0 Å². The minimum atomic E-state index is -0.727. The topological polar surface area (TPSA) is 55.1 Å². The van der Waals surface area contributed by atoms with Crippen molar-refractivity contribution in [3.05, 3.63) is 76.2 Å². The number of rotatable bonds is 3. The van der Waals surface area contributed by atoms with E-state index in [4.69, 9.17) is 0 Å². The molecule has 106 valence electrons. The lowest BCUT2D eigenvalue weighted by molar-refractivity contribution is 0.156.